The Kier molecular flexibility index (Phi) is 3.18. The summed E-state index contributed by atoms with van der Waals surface area (Å²) in [5.41, 5.74) is 3.80. The smallest absolute Gasteiger partial charge is 0.142 e. The fourth-order valence-electron chi connectivity index (χ4n) is 3.16. The molecule has 2 aliphatic rings. The van der Waals surface area contributed by atoms with Gasteiger partial charge in [0.15, 0.2) is 0 Å². The molecule has 21 heavy (non-hydrogen) atoms. The molecule has 1 N–H and O–H groups in total. The first kappa shape index (κ1) is 12.6. The molecular formula is C18H19NO2. The standard InChI is InChI=1S/C18H19NO2/c1-2-8-16-15(7-1)14(11-20-16)12-21-17-9-3-5-13-6-4-10-19-18(13)17/h1-3,5,7-9,14,19H,4,6,10-12H2. The highest BCUT2D eigenvalue weighted by Crippen LogP contribution is 2.36. The molecule has 1 atom stereocenters. The molecule has 2 aromatic rings. The number of rotatable bonds is 3. The summed E-state index contributed by atoms with van der Waals surface area (Å²) in [6, 6.07) is 14.6. The van der Waals surface area contributed by atoms with E-state index in [1.54, 1.807) is 0 Å². The molecule has 0 amide bonds. The molecule has 2 aromatic carbocycles. The topological polar surface area (TPSA) is 30.5 Å². The normalized spacial score (nSPS) is 19.1. The Morgan fingerprint density at radius 3 is 3.10 bits per heavy atom. The largest absolute Gasteiger partial charge is 0.493 e. The molecule has 108 valence electrons. The van der Waals surface area contributed by atoms with E-state index < -0.39 is 0 Å². The molecule has 4 rings (SSSR count). The molecule has 1 unspecified atom stereocenters. The van der Waals surface area contributed by atoms with Gasteiger partial charge in [0, 0.05) is 12.1 Å². The van der Waals surface area contributed by atoms with Crippen LogP contribution in [0.4, 0.5) is 5.69 Å². The van der Waals surface area contributed by atoms with Crippen LogP contribution < -0.4 is 14.8 Å². The van der Waals surface area contributed by atoms with Crippen molar-refractivity contribution in [3.63, 3.8) is 0 Å². The van der Waals surface area contributed by atoms with E-state index in [1.165, 1.54) is 23.2 Å². The second kappa shape index (κ2) is 5.32. The molecule has 0 radical (unpaired) electrons. The number of ether oxygens (including phenoxy) is 2. The Morgan fingerprint density at radius 2 is 2.10 bits per heavy atom. The van der Waals surface area contributed by atoms with Crippen molar-refractivity contribution in [3.05, 3.63) is 53.6 Å². The second-order valence-electron chi connectivity index (χ2n) is 5.68. The third-order valence-electron chi connectivity index (χ3n) is 4.28. The van der Waals surface area contributed by atoms with Gasteiger partial charge in [0.1, 0.15) is 11.5 Å². The van der Waals surface area contributed by atoms with Gasteiger partial charge in [-0.25, -0.2) is 0 Å². The summed E-state index contributed by atoms with van der Waals surface area (Å²) in [5.74, 6) is 2.29. The van der Waals surface area contributed by atoms with Gasteiger partial charge >= 0.3 is 0 Å². The molecule has 2 heterocycles. The Hall–Kier alpha value is -2.16. The first-order valence-electron chi connectivity index (χ1n) is 7.62. The third-order valence-corrected chi connectivity index (χ3v) is 4.28. The Balaban J connectivity index is 1.51. The monoisotopic (exact) mass is 281 g/mol. The van der Waals surface area contributed by atoms with Crippen molar-refractivity contribution >= 4 is 5.69 Å². The van der Waals surface area contributed by atoms with Gasteiger partial charge in [-0.3, -0.25) is 0 Å². The lowest BCUT2D eigenvalue weighted by Gasteiger charge is -2.22. The summed E-state index contributed by atoms with van der Waals surface area (Å²) >= 11 is 0. The summed E-state index contributed by atoms with van der Waals surface area (Å²) in [7, 11) is 0. The maximum Gasteiger partial charge on any atom is 0.142 e. The summed E-state index contributed by atoms with van der Waals surface area (Å²) in [5, 5.41) is 3.47. The zero-order valence-electron chi connectivity index (χ0n) is 12.0. The lowest BCUT2D eigenvalue weighted by Crippen LogP contribution is -2.16. The molecule has 0 spiro atoms. The molecule has 0 saturated carbocycles. The zero-order valence-corrected chi connectivity index (χ0v) is 12.0. The minimum atomic E-state index is 0.320. The number of para-hydroxylation sites is 2. The highest BCUT2D eigenvalue weighted by Gasteiger charge is 2.24. The summed E-state index contributed by atoms with van der Waals surface area (Å²) in [4.78, 5) is 0. The minimum Gasteiger partial charge on any atom is -0.493 e. The van der Waals surface area contributed by atoms with E-state index in [0.717, 1.165) is 24.5 Å². The molecule has 3 heteroatoms. The molecule has 0 aromatic heterocycles. The van der Waals surface area contributed by atoms with Crippen molar-refractivity contribution in [1.82, 2.24) is 0 Å². The third kappa shape index (κ3) is 2.33. The number of nitrogens with one attached hydrogen (secondary N) is 1. The van der Waals surface area contributed by atoms with Crippen LogP contribution >= 0.6 is 0 Å². The van der Waals surface area contributed by atoms with E-state index in [-0.39, 0.29) is 0 Å². The Morgan fingerprint density at radius 1 is 1.14 bits per heavy atom. The van der Waals surface area contributed by atoms with Gasteiger partial charge in [-0.05, 0) is 30.5 Å². The van der Waals surface area contributed by atoms with Crippen molar-refractivity contribution < 1.29 is 9.47 Å². The first-order chi connectivity index (χ1) is 10.4. The van der Waals surface area contributed by atoms with Gasteiger partial charge in [-0.15, -0.1) is 0 Å². The van der Waals surface area contributed by atoms with Crippen LogP contribution in [0.2, 0.25) is 0 Å². The van der Waals surface area contributed by atoms with E-state index in [4.69, 9.17) is 9.47 Å². The predicted octanol–water partition coefficient (Wildman–Crippen LogP) is 3.60. The average molecular weight is 281 g/mol. The van der Waals surface area contributed by atoms with E-state index in [9.17, 15) is 0 Å². The summed E-state index contributed by atoms with van der Waals surface area (Å²) in [6.07, 6.45) is 2.33. The van der Waals surface area contributed by atoms with Crippen LogP contribution in [0.25, 0.3) is 0 Å². The van der Waals surface area contributed by atoms with Crippen molar-refractivity contribution in [1.29, 1.82) is 0 Å². The lowest BCUT2D eigenvalue weighted by atomic mass is 10.0. The van der Waals surface area contributed by atoms with E-state index in [0.29, 0.717) is 19.1 Å². The molecule has 0 aliphatic carbocycles. The van der Waals surface area contributed by atoms with E-state index in [2.05, 4.69) is 35.6 Å². The van der Waals surface area contributed by atoms with Gasteiger partial charge < -0.3 is 14.8 Å². The van der Waals surface area contributed by atoms with Crippen LogP contribution in [0.15, 0.2) is 42.5 Å². The van der Waals surface area contributed by atoms with Crippen LogP contribution in [0, 0.1) is 0 Å². The van der Waals surface area contributed by atoms with Crippen molar-refractivity contribution in [3.8, 4) is 11.5 Å². The summed E-state index contributed by atoms with van der Waals surface area (Å²) < 4.78 is 11.8. The van der Waals surface area contributed by atoms with Gasteiger partial charge in [0.25, 0.3) is 0 Å². The first-order valence-corrected chi connectivity index (χ1v) is 7.62. The Bertz CT molecular complexity index is 653. The molecule has 0 bridgehead atoms. The minimum absolute atomic E-state index is 0.320. The molecular weight excluding hydrogens is 262 g/mol. The molecule has 0 fully saturated rings. The van der Waals surface area contributed by atoms with Crippen LogP contribution in [0.5, 0.6) is 11.5 Å². The van der Waals surface area contributed by atoms with Crippen LogP contribution in [0.1, 0.15) is 23.5 Å². The number of hydrogen-bond donors (Lipinski definition) is 1. The van der Waals surface area contributed by atoms with E-state index >= 15 is 0 Å². The van der Waals surface area contributed by atoms with Gasteiger partial charge in [-0.1, -0.05) is 30.3 Å². The van der Waals surface area contributed by atoms with Crippen LogP contribution in [-0.2, 0) is 6.42 Å². The van der Waals surface area contributed by atoms with Crippen LogP contribution in [-0.4, -0.2) is 19.8 Å². The Labute approximate surface area is 124 Å². The van der Waals surface area contributed by atoms with Crippen molar-refractivity contribution in [2.45, 2.75) is 18.8 Å². The second-order valence-corrected chi connectivity index (χ2v) is 5.68. The molecule has 3 nitrogen and oxygen atoms in total. The number of fused-ring (bicyclic) bond motifs is 2. The van der Waals surface area contributed by atoms with Gasteiger partial charge in [0.05, 0.1) is 24.8 Å². The maximum absolute atomic E-state index is 6.10. The lowest BCUT2D eigenvalue weighted by molar-refractivity contribution is 0.249. The molecule has 2 aliphatic heterocycles. The fraction of sp³-hybridized carbons (Fsp3) is 0.333. The van der Waals surface area contributed by atoms with Crippen molar-refractivity contribution in [2.75, 3.05) is 25.1 Å². The number of benzene rings is 2. The maximum atomic E-state index is 6.10. The highest BCUT2D eigenvalue weighted by molar-refractivity contribution is 5.63. The van der Waals surface area contributed by atoms with Gasteiger partial charge in [-0.2, -0.15) is 0 Å². The molecule has 0 saturated heterocycles. The van der Waals surface area contributed by atoms with Crippen molar-refractivity contribution in [2.24, 2.45) is 0 Å². The quantitative estimate of drug-likeness (QED) is 0.932. The zero-order chi connectivity index (χ0) is 14.1. The van der Waals surface area contributed by atoms with Crippen LogP contribution in [0.3, 0.4) is 0 Å². The number of anilines is 1. The SMILES string of the molecule is c1ccc2c(c1)OCC2COc1cccc2c1NCCC2. The highest BCUT2D eigenvalue weighted by atomic mass is 16.5. The average Bonchev–Trinajstić information content (AvgIpc) is 2.96. The summed E-state index contributed by atoms with van der Waals surface area (Å²) in [6.45, 7) is 2.40. The fourth-order valence-corrected chi connectivity index (χ4v) is 3.16. The van der Waals surface area contributed by atoms with Gasteiger partial charge in [0.2, 0.25) is 0 Å². The number of aryl methyl sites for hydroxylation is 1. The predicted molar refractivity (Wildman–Crippen MR) is 83.4 cm³/mol. The van der Waals surface area contributed by atoms with E-state index in [1.807, 2.05) is 12.1 Å². The number of hydrogen-bond acceptors (Lipinski definition) is 3.